The van der Waals surface area contributed by atoms with Crippen molar-refractivity contribution in [1.29, 1.82) is 0 Å². The second kappa shape index (κ2) is 13.6. The molecule has 2 amide bonds. The number of nitrogens with one attached hydrogen (secondary N) is 1. The van der Waals surface area contributed by atoms with Gasteiger partial charge in [0.25, 0.3) is 10.0 Å². The highest BCUT2D eigenvalue weighted by Crippen LogP contribution is 2.38. The fraction of sp³-hybridized carbons (Fsp3) is 0.310. The molecule has 0 heterocycles. The first kappa shape index (κ1) is 32.9. The molecule has 0 unspecified atom stereocenters. The molecule has 3 rings (SSSR count). The van der Waals surface area contributed by atoms with E-state index in [0.29, 0.717) is 22.4 Å². The molecule has 0 fully saturated rings. The standard InChI is InChI=1S/C29H30ClF4N3O4S/c1-4-19(2)35-28(39)20(3)36(17-21-10-12-22(31)13-11-21)27(38)18-37(42(40,41)24-8-6-5-7-9-24)23-14-15-26(30)25(16-23)29(32,33)34/h5-16,19-20H,4,17-18H2,1-3H3,(H,35,39)/t19-,20-/m0/s1. The molecule has 1 N–H and O–H groups in total. The summed E-state index contributed by atoms with van der Waals surface area (Å²) < 4.78 is 82.7. The number of hydrogen-bond acceptors (Lipinski definition) is 4. The molecule has 2 atom stereocenters. The molecule has 3 aromatic rings. The summed E-state index contributed by atoms with van der Waals surface area (Å²) in [6, 6.07) is 13.2. The van der Waals surface area contributed by atoms with Gasteiger partial charge in [0, 0.05) is 12.6 Å². The highest BCUT2D eigenvalue weighted by Gasteiger charge is 2.37. The minimum atomic E-state index is -4.91. The van der Waals surface area contributed by atoms with Crippen molar-refractivity contribution in [2.24, 2.45) is 0 Å². The van der Waals surface area contributed by atoms with Crippen molar-refractivity contribution in [2.45, 2.75) is 56.9 Å². The van der Waals surface area contributed by atoms with E-state index in [9.17, 15) is 35.6 Å². The zero-order valence-electron chi connectivity index (χ0n) is 23.0. The topological polar surface area (TPSA) is 86.8 Å². The Bertz CT molecular complexity index is 1500. The maximum atomic E-state index is 13.8. The van der Waals surface area contributed by atoms with E-state index in [1.807, 2.05) is 6.92 Å². The summed E-state index contributed by atoms with van der Waals surface area (Å²) in [6.07, 6.45) is -4.30. The van der Waals surface area contributed by atoms with Crippen molar-refractivity contribution < 1.29 is 35.6 Å². The molecule has 0 saturated heterocycles. The number of carbonyl (C=O) groups excluding carboxylic acids is 2. The van der Waals surface area contributed by atoms with Crippen molar-refractivity contribution >= 4 is 39.1 Å². The van der Waals surface area contributed by atoms with Crippen molar-refractivity contribution in [3.8, 4) is 0 Å². The number of anilines is 1. The van der Waals surface area contributed by atoms with Gasteiger partial charge in [-0.25, -0.2) is 12.8 Å². The molecular formula is C29H30ClF4N3O4S. The Morgan fingerprint density at radius 3 is 2.17 bits per heavy atom. The van der Waals surface area contributed by atoms with Crippen molar-refractivity contribution in [2.75, 3.05) is 10.8 Å². The molecule has 0 aliphatic rings. The van der Waals surface area contributed by atoms with E-state index in [1.54, 1.807) is 13.0 Å². The summed E-state index contributed by atoms with van der Waals surface area (Å²) >= 11 is 5.77. The van der Waals surface area contributed by atoms with Gasteiger partial charge in [-0.05, 0) is 68.3 Å². The van der Waals surface area contributed by atoms with Crippen LogP contribution in [0.25, 0.3) is 0 Å². The lowest BCUT2D eigenvalue weighted by Crippen LogP contribution is -2.52. The fourth-order valence-corrected chi connectivity index (χ4v) is 5.62. The third kappa shape index (κ3) is 8.01. The first-order valence-corrected chi connectivity index (χ1v) is 14.8. The molecule has 7 nitrogen and oxygen atoms in total. The summed E-state index contributed by atoms with van der Waals surface area (Å²) in [6.45, 7) is 3.91. The number of amides is 2. The van der Waals surface area contributed by atoms with E-state index < -0.39 is 62.7 Å². The number of nitrogens with zero attached hydrogens (tertiary/aromatic N) is 2. The molecule has 0 radical (unpaired) electrons. The van der Waals surface area contributed by atoms with Crippen LogP contribution < -0.4 is 9.62 Å². The Balaban J connectivity index is 2.10. The molecular weight excluding hydrogens is 598 g/mol. The Morgan fingerprint density at radius 1 is 0.976 bits per heavy atom. The van der Waals surface area contributed by atoms with Crippen molar-refractivity contribution in [3.63, 3.8) is 0 Å². The third-order valence-electron chi connectivity index (χ3n) is 6.59. The summed E-state index contributed by atoms with van der Waals surface area (Å²) in [5.74, 6) is -1.93. The van der Waals surface area contributed by atoms with Gasteiger partial charge in [0.15, 0.2) is 0 Å². The number of halogens is 5. The summed E-state index contributed by atoms with van der Waals surface area (Å²) in [5.41, 5.74) is -1.30. The Labute approximate surface area is 247 Å². The maximum absolute atomic E-state index is 13.8. The predicted octanol–water partition coefficient (Wildman–Crippen LogP) is 6.03. The SMILES string of the molecule is CC[C@H](C)NC(=O)[C@H](C)N(Cc1ccc(F)cc1)C(=O)CN(c1ccc(Cl)c(C(F)(F)F)c1)S(=O)(=O)c1ccccc1. The quantitative estimate of drug-likeness (QED) is 0.263. The average molecular weight is 628 g/mol. The lowest BCUT2D eigenvalue weighted by Gasteiger charge is -2.32. The van der Waals surface area contributed by atoms with E-state index in [1.165, 1.54) is 55.5 Å². The van der Waals surface area contributed by atoms with E-state index in [4.69, 9.17) is 11.6 Å². The van der Waals surface area contributed by atoms with E-state index >= 15 is 0 Å². The van der Waals surface area contributed by atoms with Crippen LogP contribution in [-0.4, -0.2) is 43.8 Å². The zero-order valence-corrected chi connectivity index (χ0v) is 24.6. The van der Waals surface area contributed by atoms with Gasteiger partial charge in [-0.15, -0.1) is 0 Å². The Morgan fingerprint density at radius 2 is 1.60 bits per heavy atom. The highest BCUT2D eigenvalue weighted by molar-refractivity contribution is 7.92. The molecule has 0 bridgehead atoms. The Hall–Kier alpha value is -3.64. The van der Waals surface area contributed by atoms with Crippen molar-refractivity contribution in [1.82, 2.24) is 10.2 Å². The van der Waals surface area contributed by atoms with E-state index in [-0.39, 0.29) is 17.5 Å². The lowest BCUT2D eigenvalue weighted by atomic mass is 10.1. The summed E-state index contributed by atoms with van der Waals surface area (Å²) in [4.78, 5) is 27.7. The van der Waals surface area contributed by atoms with E-state index in [0.717, 1.165) is 17.0 Å². The minimum Gasteiger partial charge on any atom is -0.352 e. The second-order valence-electron chi connectivity index (χ2n) is 9.63. The lowest BCUT2D eigenvalue weighted by molar-refractivity contribution is -0.139. The number of rotatable bonds is 11. The van der Waals surface area contributed by atoms with Crippen LogP contribution >= 0.6 is 11.6 Å². The molecule has 226 valence electrons. The van der Waals surface area contributed by atoms with Gasteiger partial charge in [-0.2, -0.15) is 13.2 Å². The molecule has 0 aliphatic carbocycles. The van der Waals surface area contributed by atoms with Crippen LogP contribution in [0.2, 0.25) is 5.02 Å². The number of carbonyl (C=O) groups is 2. The first-order valence-electron chi connectivity index (χ1n) is 12.9. The van der Waals surface area contributed by atoms with Crippen LogP contribution in [0.15, 0.2) is 77.7 Å². The second-order valence-corrected chi connectivity index (χ2v) is 11.9. The smallest absolute Gasteiger partial charge is 0.352 e. The fourth-order valence-electron chi connectivity index (χ4n) is 3.97. The molecule has 0 saturated carbocycles. The molecule has 0 aromatic heterocycles. The van der Waals surface area contributed by atoms with Crippen LogP contribution in [0, 0.1) is 5.82 Å². The molecule has 3 aromatic carbocycles. The van der Waals surface area contributed by atoms with Gasteiger partial charge in [-0.1, -0.05) is 48.9 Å². The molecule has 0 spiro atoms. The Kier molecular flexibility index (Phi) is 10.6. The van der Waals surface area contributed by atoms with Gasteiger partial charge >= 0.3 is 6.18 Å². The van der Waals surface area contributed by atoms with Crippen molar-refractivity contribution in [3.05, 3.63) is 94.8 Å². The number of sulfonamides is 1. The van der Waals surface area contributed by atoms with Crippen LogP contribution in [-0.2, 0) is 32.3 Å². The molecule has 13 heteroatoms. The number of hydrogen-bond donors (Lipinski definition) is 1. The highest BCUT2D eigenvalue weighted by atomic mass is 35.5. The van der Waals surface area contributed by atoms with Gasteiger partial charge in [0.1, 0.15) is 18.4 Å². The van der Waals surface area contributed by atoms with Gasteiger partial charge in [0.2, 0.25) is 11.8 Å². The largest absolute Gasteiger partial charge is 0.417 e. The first-order chi connectivity index (χ1) is 19.6. The van der Waals surface area contributed by atoms with Crippen LogP contribution in [0.1, 0.15) is 38.3 Å². The minimum absolute atomic E-state index is 0.206. The third-order valence-corrected chi connectivity index (χ3v) is 8.71. The monoisotopic (exact) mass is 627 g/mol. The predicted molar refractivity (Wildman–Crippen MR) is 152 cm³/mol. The van der Waals surface area contributed by atoms with Crippen LogP contribution in [0.4, 0.5) is 23.2 Å². The number of alkyl halides is 3. The van der Waals surface area contributed by atoms with Gasteiger partial charge in [-0.3, -0.25) is 13.9 Å². The summed E-state index contributed by atoms with van der Waals surface area (Å²) in [7, 11) is -4.58. The number of benzene rings is 3. The molecule has 42 heavy (non-hydrogen) atoms. The molecule has 0 aliphatic heterocycles. The van der Waals surface area contributed by atoms with E-state index in [2.05, 4.69) is 5.32 Å². The van der Waals surface area contributed by atoms with Gasteiger partial charge in [0.05, 0.1) is 21.2 Å². The van der Waals surface area contributed by atoms with Gasteiger partial charge < -0.3 is 10.2 Å². The summed E-state index contributed by atoms with van der Waals surface area (Å²) in [5, 5.41) is 2.12. The average Bonchev–Trinajstić information content (AvgIpc) is 2.95. The maximum Gasteiger partial charge on any atom is 0.417 e. The van der Waals surface area contributed by atoms with Crippen LogP contribution in [0.3, 0.4) is 0 Å². The normalized spacial score (nSPS) is 13.2. The van der Waals surface area contributed by atoms with Crippen LogP contribution in [0.5, 0.6) is 0 Å². The zero-order chi connectivity index (χ0) is 31.2.